The lowest BCUT2D eigenvalue weighted by Crippen LogP contribution is -2.28. The van der Waals surface area contributed by atoms with E-state index < -0.39 is 0 Å². The molecule has 0 saturated heterocycles. The zero-order valence-corrected chi connectivity index (χ0v) is 17.9. The number of Topliss-reactive ketones (excluding diaryl/α,β-unsaturated/α-hetero) is 1. The highest BCUT2D eigenvalue weighted by atomic mass is 16.5. The summed E-state index contributed by atoms with van der Waals surface area (Å²) in [6, 6.07) is 15.5. The van der Waals surface area contributed by atoms with Gasteiger partial charge in [0.1, 0.15) is 5.75 Å². The summed E-state index contributed by atoms with van der Waals surface area (Å²) in [4.78, 5) is 21.2. The first-order valence-corrected chi connectivity index (χ1v) is 10.5. The summed E-state index contributed by atoms with van der Waals surface area (Å²) in [5, 5.41) is 8.12. The van der Waals surface area contributed by atoms with Gasteiger partial charge in [0.15, 0.2) is 11.6 Å². The van der Waals surface area contributed by atoms with Gasteiger partial charge in [-0.05, 0) is 55.2 Å². The van der Waals surface area contributed by atoms with Crippen LogP contribution in [-0.2, 0) is 6.42 Å². The third kappa shape index (κ3) is 3.56. The summed E-state index contributed by atoms with van der Waals surface area (Å²) < 4.78 is 7.30. The first kappa shape index (κ1) is 19.4. The van der Waals surface area contributed by atoms with Crippen LogP contribution in [0.1, 0.15) is 43.2 Å². The number of benzene rings is 2. The molecule has 2 heterocycles. The fourth-order valence-corrected chi connectivity index (χ4v) is 4.19. The molecule has 0 spiro atoms. The molecule has 0 atom stereocenters. The second-order valence-electron chi connectivity index (χ2n) is 8.68. The van der Waals surface area contributed by atoms with Gasteiger partial charge in [-0.15, -0.1) is 5.10 Å². The van der Waals surface area contributed by atoms with Crippen molar-refractivity contribution in [1.29, 1.82) is 0 Å². The van der Waals surface area contributed by atoms with E-state index in [4.69, 9.17) is 14.8 Å². The normalized spacial score (nSPS) is 15.1. The highest BCUT2D eigenvalue weighted by Gasteiger charge is 2.37. The molecule has 1 aliphatic carbocycles. The lowest BCUT2D eigenvalue weighted by Gasteiger charge is -2.28. The van der Waals surface area contributed by atoms with Crippen LogP contribution in [0.25, 0.3) is 17.0 Å². The molecular weight excluding hydrogens is 390 g/mol. The first-order chi connectivity index (χ1) is 14.9. The van der Waals surface area contributed by atoms with Crippen LogP contribution in [0, 0.1) is 5.41 Å². The monoisotopic (exact) mass is 415 g/mol. The fourth-order valence-electron chi connectivity index (χ4n) is 4.19. The number of ether oxygens (including phenoxy) is 1. The molecule has 0 fully saturated rings. The SMILES string of the molecule is CCOc1ccc(Nc2nn(-c3nc4ccccc4[nH]3)c3c2C(=O)CC(C)(C)C3)cc1. The first-order valence-electron chi connectivity index (χ1n) is 10.5. The quantitative estimate of drug-likeness (QED) is 0.477. The van der Waals surface area contributed by atoms with E-state index >= 15 is 0 Å². The number of nitrogens with zero attached hydrogens (tertiary/aromatic N) is 3. The summed E-state index contributed by atoms with van der Waals surface area (Å²) in [6.45, 7) is 6.80. The van der Waals surface area contributed by atoms with Crippen molar-refractivity contribution in [1.82, 2.24) is 19.7 Å². The molecule has 0 radical (unpaired) electrons. The van der Waals surface area contributed by atoms with Gasteiger partial charge in [-0.2, -0.15) is 0 Å². The molecule has 0 bridgehead atoms. The van der Waals surface area contributed by atoms with Gasteiger partial charge < -0.3 is 15.0 Å². The van der Waals surface area contributed by atoms with E-state index in [0.717, 1.165) is 34.6 Å². The Bertz CT molecular complexity index is 1230. The Morgan fingerprint density at radius 3 is 2.65 bits per heavy atom. The van der Waals surface area contributed by atoms with Crippen LogP contribution in [0.5, 0.6) is 5.75 Å². The van der Waals surface area contributed by atoms with Gasteiger partial charge in [0.05, 0.1) is 28.9 Å². The minimum Gasteiger partial charge on any atom is -0.494 e. The maximum atomic E-state index is 13.1. The van der Waals surface area contributed by atoms with Gasteiger partial charge in [-0.1, -0.05) is 26.0 Å². The number of carbonyl (C=O) groups is 1. The summed E-state index contributed by atoms with van der Waals surface area (Å²) in [6.07, 6.45) is 1.23. The fraction of sp³-hybridized carbons (Fsp3) is 0.292. The predicted octanol–water partition coefficient (Wildman–Crippen LogP) is 5.05. The molecule has 31 heavy (non-hydrogen) atoms. The number of carbonyl (C=O) groups excluding carboxylic acids is 1. The Labute approximate surface area is 180 Å². The third-order valence-electron chi connectivity index (χ3n) is 5.55. The molecule has 7 nitrogen and oxygen atoms in total. The molecule has 7 heteroatoms. The Morgan fingerprint density at radius 2 is 1.90 bits per heavy atom. The van der Waals surface area contributed by atoms with E-state index in [1.165, 1.54) is 0 Å². The molecule has 2 N–H and O–H groups in total. The maximum absolute atomic E-state index is 13.1. The van der Waals surface area contributed by atoms with Crippen LogP contribution in [-0.4, -0.2) is 32.1 Å². The molecule has 1 aliphatic rings. The highest BCUT2D eigenvalue weighted by molar-refractivity contribution is 6.03. The van der Waals surface area contributed by atoms with E-state index in [0.29, 0.717) is 30.4 Å². The van der Waals surface area contributed by atoms with Crippen molar-refractivity contribution < 1.29 is 9.53 Å². The van der Waals surface area contributed by atoms with E-state index in [1.807, 2.05) is 55.5 Å². The number of fused-ring (bicyclic) bond motifs is 2. The lowest BCUT2D eigenvalue weighted by atomic mass is 9.76. The molecule has 0 saturated carbocycles. The molecule has 0 aliphatic heterocycles. The van der Waals surface area contributed by atoms with Gasteiger partial charge in [0, 0.05) is 12.1 Å². The van der Waals surface area contributed by atoms with Crippen molar-refractivity contribution in [3.05, 3.63) is 59.8 Å². The molecule has 0 amide bonds. The zero-order valence-electron chi connectivity index (χ0n) is 17.9. The van der Waals surface area contributed by atoms with Crippen LogP contribution >= 0.6 is 0 Å². The van der Waals surface area contributed by atoms with E-state index in [2.05, 4.69) is 24.1 Å². The number of imidazole rings is 1. The van der Waals surface area contributed by atoms with Gasteiger partial charge in [0.2, 0.25) is 5.95 Å². The average Bonchev–Trinajstić information content (AvgIpc) is 3.30. The van der Waals surface area contributed by atoms with Gasteiger partial charge >= 0.3 is 0 Å². The molecule has 158 valence electrons. The summed E-state index contributed by atoms with van der Waals surface area (Å²) in [5.74, 6) is 2.07. The van der Waals surface area contributed by atoms with E-state index in [1.54, 1.807) is 4.68 Å². The number of para-hydroxylation sites is 2. The van der Waals surface area contributed by atoms with Crippen LogP contribution in [0.15, 0.2) is 48.5 Å². The standard InChI is InChI=1S/C24H25N5O2/c1-4-31-16-11-9-15(10-12-16)25-22-21-19(13-24(2,3)14-20(21)30)29(28-22)23-26-17-7-5-6-8-18(17)27-23/h5-12H,4,13-14H2,1-3H3,(H,25,28)(H,26,27). The van der Waals surface area contributed by atoms with Crippen molar-refractivity contribution in [3.63, 3.8) is 0 Å². The predicted molar refractivity (Wildman–Crippen MR) is 121 cm³/mol. The summed E-state index contributed by atoms with van der Waals surface area (Å²) in [5.41, 5.74) is 4.04. The van der Waals surface area contributed by atoms with E-state index in [9.17, 15) is 4.79 Å². The van der Waals surface area contributed by atoms with Crippen molar-refractivity contribution in [2.45, 2.75) is 33.6 Å². The number of anilines is 2. The van der Waals surface area contributed by atoms with E-state index in [-0.39, 0.29) is 11.2 Å². The van der Waals surface area contributed by atoms with Gasteiger partial charge in [-0.25, -0.2) is 9.67 Å². The molecule has 2 aromatic heterocycles. The van der Waals surface area contributed by atoms with Crippen molar-refractivity contribution in [2.75, 3.05) is 11.9 Å². The van der Waals surface area contributed by atoms with Crippen LogP contribution in [0.3, 0.4) is 0 Å². The number of ketones is 1. The molecular formula is C24H25N5O2. The number of aromatic amines is 1. The second-order valence-corrected chi connectivity index (χ2v) is 8.68. The largest absolute Gasteiger partial charge is 0.494 e. The molecule has 5 rings (SSSR count). The Kier molecular flexibility index (Phi) is 4.54. The number of aromatic nitrogens is 4. The van der Waals surface area contributed by atoms with Gasteiger partial charge in [0.25, 0.3) is 0 Å². The number of hydrogen-bond acceptors (Lipinski definition) is 5. The van der Waals surface area contributed by atoms with Crippen LogP contribution in [0.4, 0.5) is 11.5 Å². The van der Waals surface area contributed by atoms with Crippen molar-refractivity contribution in [2.24, 2.45) is 5.41 Å². The Balaban J connectivity index is 1.59. The van der Waals surface area contributed by atoms with Crippen molar-refractivity contribution in [3.8, 4) is 11.7 Å². The second kappa shape index (κ2) is 7.27. The smallest absolute Gasteiger partial charge is 0.229 e. The minimum absolute atomic E-state index is 0.0991. The average molecular weight is 415 g/mol. The Morgan fingerprint density at radius 1 is 1.13 bits per heavy atom. The number of hydrogen-bond donors (Lipinski definition) is 2. The zero-order chi connectivity index (χ0) is 21.6. The summed E-state index contributed by atoms with van der Waals surface area (Å²) >= 11 is 0. The molecule has 2 aromatic carbocycles. The Hall–Kier alpha value is -3.61. The minimum atomic E-state index is -0.135. The number of rotatable bonds is 5. The van der Waals surface area contributed by atoms with Crippen molar-refractivity contribution >= 4 is 28.3 Å². The number of H-pyrrole nitrogens is 1. The molecule has 4 aromatic rings. The van der Waals surface area contributed by atoms with Crippen LogP contribution < -0.4 is 10.1 Å². The molecule has 0 unspecified atom stereocenters. The third-order valence-corrected chi connectivity index (χ3v) is 5.55. The lowest BCUT2D eigenvalue weighted by molar-refractivity contribution is 0.0911. The number of nitrogens with one attached hydrogen (secondary N) is 2. The topological polar surface area (TPSA) is 84.8 Å². The maximum Gasteiger partial charge on any atom is 0.229 e. The highest BCUT2D eigenvalue weighted by Crippen LogP contribution is 2.39. The summed E-state index contributed by atoms with van der Waals surface area (Å²) in [7, 11) is 0. The van der Waals surface area contributed by atoms with Crippen LogP contribution in [0.2, 0.25) is 0 Å². The van der Waals surface area contributed by atoms with Gasteiger partial charge in [-0.3, -0.25) is 4.79 Å².